The maximum absolute atomic E-state index is 11.4. The first-order valence-corrected chi connectivity index (χ1v) is 11.8. The largest absolute Gasteiger partial charge is 0.491 e. The normalized spacial score (nSPS) is 11.0. The lowest BCUT2D eigenvalue weighted by Gasteiger charge is -2.34. The van der Waals surface area contributed by atoms with Crippen molar-refractivity contribution >= 4 is 29.4 Å². The van der Waals surface area contributed by atoms with E-state index in [1.165, 1.54) is 22.5 Å². The third-order valence-corrected chi connectivity index (χ3v) is 10.2. The molecule has 142 valence electrons. The average Bonchev–Trinajstić information content (AvgIpc) is 2.75. The zero-order valence-electron chi connectivity index (χ0n) is 16.3. The Bertz CT molecular complexity index is 808. The number of ketones is 1. The Morgan fingerprint density at radius 1 is 0.786 bits per heavy atom. The van der Waals surface area contributed by atoms with Gasteiger partial charge in [0.05, 0.1) is 6.61 Å². The molecule has 0 fully saturated rings. The van der Waals surface area contributed by atoms with Crippen LogP contribution in [0.3, 0.4) is 0 Å². The lowest BCUT2D eigenvalue weighted by atomic mass is 10.3. The predicted octanol–water partition coefficient (Wildman–Crippen LogP) is 3.67. The summed E-state index contributed by atoms with van der Waals surface area (Å²) in [5, 5.41) is 4.16. The molecule has 0 spiro atoms. The summed E-state index contributed by atoms with van der Waals surface area (Å²) in [6, 6.07) is 33.4. The summed E-state index contributed by atoms with van der Waals surface area (Å²) in [7, 11) is -2.22. The van der Waals surface area contributed by atoms with Crippen LogP contribution in [0.1, 0.15) is 13.3 Å². The number of allylic oxidation sites excluding steroid dienone is 1. The molecule has 0 saturated heterocycles. The molecule has 0 aliphatic rings. The van der Waals surface area contributed by atoms with E-state index in [0.29, 0.717) is 6.61 Å². The Morgan fingerprint density at radius 2 is 1.18 bits per heavy atom. The Balaban J connectivity index is 2.01. The van der Waals surface area contributed by atoms with Gasteiger partial charge >= 0.3 is 0 Å². The summed E-state index contributed by atoms with van der Waals surface area (Å²) in [5.74, 6) is 0.129. The fourth-order valence-corrected chi connectivity index (χ4v) is 8.56. The van der Waals surface area contributed by atoms with Crippen LogP contribution in [-0.4, -0.2) is 20.5 Å². The Kier molecular flexibility index (Phi) is 6.61. The molecule has 0 heterocycles. The summed E-state index contributed by atoms with van der Waals surface area (Å²) < 4.78 is 5.58. The van der Waals surface area contributed by atoms with Gasteiger partial charge in [-0.1, -0.05) is 97.6 Å². The van der Waals surface area contributed by atoms with Gasteiger partial charge in [0.15, 0.2) is 11.5 Å². The summed E-state index contributed by atoms with van der Waals surface area (Å²) in [6.07, 6.45) is 0.858. The standard InChI is InChI=1S/C25H26O2Si/c1-21(26)22(2)27-19-12-20-28(23-13-6-3-7-14-23,24-15-8-4-9-16-24)25-17-10-5-11-18-25/h3-11,13-18H,2,12,19-20H2,1H3. The van der Waals surface area contributed by atoms with Crippen molar-refractivity contribution in [1.82, 2.24) is 0 Å². The van der Waals surface area contributed by atoms with Crippen LogP contribution < -0.4 is 15.6 Å². The van der Waals surface area contributed by atoms with Gasteiger partial charge in [-0.3, -0.25) is 4.79 Å². The molecule has 3 aromatic rings. The Labute approximate surface area is 168 Å². The van der Waals surface area contributed by atoms with Crippen LogP contribution in [0.25, 0.3) is 0 Å². The Hall–Kier alpha value is -2.91. The van der Waals surface area contributed by atoms with Crippen molar-refractivity contribution in [3.63, 3.8) is 0 Å². The van der Waals surface area contributed by atoms with Gasteiger partial charge < -0.3 is 4.74 Å². The third-order valence-electron chi connectivity index (χ3n) is 5.16. The number of Topliss-reactive ketones (excluding diaryl/α,β-unsaturated/α-hetero) is 1. The molecule has 3 rings (SSSR count). The van der Waals surface area contributed by atoms with Gasteiger partial charge in [-0.15, -0.1) is 0 Å². The van der Waals surface area contributed by atoms with E-state index in [1.807, 2.05) is 0 Å². The molecule has 0 bridgehead atoms. The van der Waals surface area contributed by atoms with Crippen molar-refractivity contribution in [2.24, 2.45) is 0 Å². The Morgan fingerprint density at radius 3 is 1.54 bits per heavy atom. The van der Waals surface area contributed by atoms with Crippen molar-refractivity contribution in [2.45, 2.75) is 19.4 Å². The van der Waals surface area contributed by atoms with E-state index in [0.717, 1.165) is 12.5 Å². The number of carbonyl (C=O) groups is 1. The second-order valence-corrected chi connectivity index (χ2v) is 11.0. The second kappa shape index (κ2) is 9.33. The lowest BCUT2D eigenvalue weighted by Crippen LogP contribution is -2.67. The third kappa shape index (κ3) is 4.32. The van der Waals surface area contributed by atoms with Crippen molar-refractivity contribution in [2.75, 3.05) is 6.61 Å². The minimum absolute atomic E-state index is 0.113. The van der Waals surface area contributed by atoms with Crippen LogP contribution in [0.2, 0.25) is 6.04 Å². The molecular formula is C25H26O2Si. The fraction of sp³-hybridized carbons (Fsp3) is 0.160. The number of ether oxygens (including phenoxy) is 1. The van der Waals surface area contributed by atoms with Crippen molar-refractivity contribution in [3.05, 3.63) is 103 Å². The van der Waals surface area contributed by atoms with E-state index in [1.54, 1.807) is 0 Å². The molecule has 2 nitrogen and oxygen atoms in total. The SMILES string of the molecule is C=C(OCCC[Si](c1ccccc1)(c1ccccc1)c1ccccc1)C(C)=O. The van der Waals surface area contributed by atoms with Crippen LogP contribution in [0.4, 0.5) is 0 Å². The second-order valence-electron chi connectivity index (χ2n) is 6.93. The summed E-state index contributed by atoms with van der Waals surface area (Å²) in [5.41, 5.74) is 0. The zero-order chi connectivity index (χ0) is 19.8. The van der Waals surface area contributed by atoms with Crippen LogP contribution in [0.15, 0.2) is 103 Å². The highest BCUT2D eigenvalue weighted by atomic mass is 28.3. The first-order chi connectivity index (χ1) is 13.6. The van der Waals surface area contributed by atoms with E-state index in [9.17, 15) is 4.79 Å². The molecule has 0 aliphatic carbocycles. The van der Waals surface area contributed by atoms with E-state index in [-0.39, 0.29) is 11.5 Å². The quantitative estimate of drug-likeness (QED) is 0.184. The zero-order valence-corrected chi connectivity index (χ0v) is 17.3. The van der Waals surface area contributed by atoms with Gasteiger partial charge in [0.2, 0.25) is 0 Å². The average molecular weight is 387 g/mol. The van der Waals surface area contributed by atoms with Crippen LogP contribution in [0.5, 0.6) is 0 Å². The molecule has 0 saturated carbocycles. The maximum atomic E-state index is 11.4. The highest BCUT2D eigenvalue weighted by Gasteiger charge is 2.38. The van der Waals surface area contributed by atoms with Gasteiger partial charge in [-0.2, -0.15) is 0 Å². The van der Waals surface area contributed by atoms with Gasteiger partial charge in [-0.25, -0.2) is 0 Å². The highest BCUT2D eigenvalue weighted by molar-refractivity contribution is 7.11. The summed E-state index contributed by atoms with van der Waals surface area (Å²) in [6.45, 7) is 5.69. The monoisotopic (exact) mass is 386 g/mol. The molecule has 0 aromatic heterocycles. The first kappa shape index (κ1) is 19.8. The summed E-state index contributed by atoms with van der Waals surface area (Å²) >= 11 is 0. The summed E-state index contributed by atoms with van der Waals surface area (Å²) in [4.78, 5) is 11.4. The van der Waals surface area contributed by atoms with E-state index in [4.69, 9.17) is 4.74 Å². The van der Waals surface area contributed by atoms with Crippen molar-refractivity contribution in [3.8, 4) is 0 Å². The highest BCUT2D eigenvalue weighted by Crippen LogP contribution is 2.16. The minimum atomic E-state index is -2.22. The van der Waals surface area contributed by atoms with Gasteiger partial charge in [0, 0.05) is 6.92 Å². The van der Waals surface area contributed by atoms with Gasteiger partial charge in [0.1, 0.15) is 8.07 Å². The molecule has 0 unspecified atom stereocenters. The topological polar surface area (TPSA) is 26.3 Å². The minimum Gasteiger partial charge on any atom is -0.491 e. The molecule has 3 aromatic carbocycles. The van der Waals surface area contributed by atoms with Gasteiger partial charge in [-0.05, 0) is 28.0 Å². The molecular weight excluding hydrogens is 360 g/mol. The van der Waals surface area contributed by atoms with E-state index < -0.39 is 8.07 Å². The first-order valence-electron chi connectivity index (χ1n) is 9.64. The molecule has 0 radical (unpaired) electrons. The number of carbonyl (C=O) groups excluding carboxylic acids is 1. The predicted molar refractivity (Wildman–Crippen MR) is 119 cm³/mol. The molecule has 3 heteroatoms. The lowest BCUT2D eigenvalue weighted by molar-refractivity contribution is -0.116. The van der Waals surface area contributed by atoms with Crippen LogP contribution in [0, 0.1) is 0 Å². The molecule has 0 N–H and O–H groups in total. The van der Waals surface area contributed by atoms with Crippen LogP contribution in [-0.2, 0) is 9.53 Å². The van der Waals surface area contributed by atoms with Crippen molar-refractivity contribution < 1.29 is 9.53 Å². The van der Waals surface area contributed by atoms with Crippen LogP contribution >= 0.6 is 0 Å². The smallest absolute Gasteiger partial charge is 0.193 e. The fourth-order valence-electron chi connectivity index (χ4n) is 3.74. The molecule has 0 aliphatic heterocycles. The number of hydrogen-bond donors (Lipinski definition) is 0. The van der Waals surface area contributed by atoms with E-state index >= 15 is 0 Å². The van der Waals surface area contributed by atoms with Gasteiger partial charge in [0.25, 0.3) is 0 Å². The van der Waals surface area contributed by atoms with E-state index in [2.05, 4.69) is 97.6 Å². The molecule has 0 amide bonds. The number of hydrogen-bond acceptors (Lipinski definition) is 2. The number of benzene rings is 3. The number of rotatable bonds is 9. The molecule has 28 heavy (non-hydrogen) atoms. The van der Waals surface area contributed by atoms with Crippen molar-refractivity contribution in [1.29, 1.82) is 0 Å². The maximum Gasteiger partial charge on any atom is 0.193 e. The molecule has 0 atom stereocenters.